The molecule has 1 atom stereocenters. The van der Waals surface area contributed by atoms with Crippen LogP contribution in [0, 0.1) is 0 Å². The monoisotopic (exact) mass is 854 g/mol. The molecule has 2 aromatic heterocycles. The standard InChI is InChI=1S/C60H43N2PS/c63-51-35-36-58-56(39-51)53-17-4-6-21-57(53)62(58)50-16-9-14-45(38-50)43-27-33-49(34-28-43)61(47-29-23-41(24-30-47)40-11-2-1-3-12-40)48-31-25-42(26-32-48)44-13-8-15-46(37-44)52-19-10-20-55-54-18-5-7-22-59(54)64-60(52)55/h1-23,25-29,31-39H,24,30,63H2. The smallest absolute Gasteiger partial charge is 0.0541 e. The van der Waals surface area contributed by atoms with Crippen molar-refractivity contribution < 1.29 is 0 Å². The molecule has 1 aliphatic rings. The van der Waals surface area contributed by atoms with E-state index in [4.69, 9.17) is 0 Å². The van der Waals surface area contributed by atoms with Gasteiger partial charge in [-0.3, -0.25) is 0 Å². The second-order valence-corrected chi connectivity index (χ2v) is 18.4. The molecular weight excluding hydrogens is 812 g/mol. The third kappa shape index (κ3) is 6.86. The van der Waals surface area contributed by atoms with Crippen LogP contribution in [0.15, 0.2) is 230 Å². The van der Waals surface area contributed by atoms with E-state index in [0.717, 1.165) is 29.9 Å². The fourth-order valence-electron chi connectivity index (χ4n) is 9.73. The lowest BCUT2D eigenvalue weighted by Crippen LogP contribution is -2.17. The van der Waals surface area contributed by atoms with E-state index in [9.17, 15) is 0 Å². The van der Waals surface area contributed by atoms with Crippen molar-refractivity contribution in [3.8, 4) is 39.1 Å². The first-order chi connectivity index (χ1) is 31.6. The summed E-state index contributed by atoms with van der Waals surface area (Å²) in [5.41, 5.74) is 17.1. The number of allylic oxidation sites excluding steroid dienone is 4. The summed E-state index contributed by atoms with van der Waals surface area (Å²) in [5, 5.41) is 6.37. The van der Waals surface area contributed by atoms with Gasteiger partial charge in [0.05, 0.1) is 11.0 Å². The summed E-state index contributed by atoms with van der Waals surface area (Å²) in [5.74, 6) is 0. The van der Waals surface area contributed by atoms with Crippen molar-refractivity contribution in [2.24, 2.45) is 0 Å². The summed E-state index contributed by atoms with van der Waals surface area (Å²) < 4.78 is 5.07. The highest BCUT2D eigenvalue weighted by atomic mass is 32.1. The molecule has 2 heterocycles. The van der Waals surface area contributed by atoms with Gasteiger partial charge in [0.2, 0.25) is 0 Å². The van der Waals surface area contributed by atoms with Crippen molar-refractivity contribution >= 4 is 84.8 Å². The van der Waals surface area contributed by atoms with Gasteiger partial charge in [-0.25, -0.2) is 0 Å². The average molecular weight is 855 g/mol. The van der Waals surface area contributed by atoms with Crippen LogP contribution in [0.5, 0.6) is 0 Å². The summed E-state index contributed by atoms with van der Waals surface area (Å²) in [6.45, 7) is 0. The lowest BCUT2D eigenvalue weighted by atomic mass is 9.94. The predicted molar refractivity (Wildman–Crippen MR) is 280 cm³/mol. The maximum Gasteiger partial charge on any atom is 0.0541 e. The van der Waals surface area contributed by atoms with Crippen LogP contribution in [0.4, 0.5) is 11.4 Å². The molecule has 1 aliphatic carbocycles. The number of para-hydroxylation sites is 1. The van der Waals surface area contributed by atoms with Gasteiger partial charge in [-0.2, -0.15) is 0 Å². The Morgan fingerprint density at radius 3 is 1.81 bits per heavy atom. The van der Waals surface area contributed by atoms with E-state index in [1.54, 1.807) is 0 Å². The van der Waals surface area contributed by atoms with Crippen LogP contribution in [0.2, 0.25) is 0 Å². The summed E-state index contributed by atoms with van der Waals surface area (Å²) in [6, 6.07) is 77.9. The summed E-state index contributed by atoms with van der Waals surface area (Å²) >= 11 is 1.88. The van der Waals surface area contributed by atoms with Crippen LogP contribution < -0.4 is 10.2 Å². The average Bonchev–Trinajstić information content (AvgIpc) is 3.91. The summed E-state index contributed by atoms with van der Waals surface area (Å²) in [6.07, 6.45) is 6.55. The zero-order chi connectivity index (χ0) is 42.6. The maximum absolute atomic E-state index is 2.85. The van der Waals surface area contributed by atoms with E-state index in [2.05, 4.69) is 243 Å². The topological polar surface area (TPSA) is 8.17 Å². The Balaban J connectivity index is 0.894. The second kappa shape index (κ2) is 16.1. The first kappa shape index (κ1) is 38.4. The van der Waals surface area contributed by atoms with E-state index >= 15 is 0 Å². The van der Waals surface area contributed by atoms with E-state index in [-0.39, 0.29) is 0 Å². The van der Waals surface area contributed by atoms with E-state index in [1.165, 1.54) is 97.5 Å². The van der Waals surface area contributed by atoms with Gasteiger partial charge in [0, 0.05) is 53.7 Å². The Hall–Kier alpha value is -7.29. The lowest BCUT2D eigenvalue weighted by Gasteiger charge is -2.30. The van der Waals surface area contributed by atoms with Gasteiger partial charge in [-0.05, 0) is 135 Å². The van der Waals surface area contributed by atoms with E-state index in [0.29, 0.717) is 0 Å². The fourth-order valence-corrected chi connectivity index (χ4v) is 11.2. The molecule has 9 aromatic carbocycles. The van der Waals surface area contributed by atoms with Crippen molar-refractivity contribution in [1.82, 2.24) is 4.57 Å². The number of benzene rings is 9. The Kier molecular flexibility index (Phi) is 9.67. The Morgan fingerprint density at radius 1 is 0.422 bits per heavy atom. The Labute approximate surface area is 379 Å². The number of aromatic nitrogens is 1. The molecule has 0 fully saturated rings. The summed E-state index contributed by atoms with van der Waals surface area (Å²) in [7, 11) is 2.85. The van der Waals surface area contributed by atoms with Crippen molar-refractivity contribution in [2.75, 3.05) is 4.90 Å². The molecule has 2 nitrogen and oxygen atoms in total. The van der Waals surface area contributed by atoms with Gasteiger partial charge in [-0.1, -0.05) is 152 Å². The molecule has 0 N–H and O–H groups in total. The largest absolute Gasteiger partial charge is 0.314 e. The zero-order valence-electron chi connectivity index (χ0n) is 35.2. The second-order valence-electron chi connectivity index (χ2n) is 16.7. The van der Waals surface area contributed by atoms with Crippen LogP contribution in [-0.4, -0.2) is 4.57 Å². The van der Waals surface area contributed by atoms with Gasteiger partial charge in [0.25, 0.3) is 0 Å². The first-order valence-electron chi connectivity index (χ1n) is 22.0. The zero-order valence-corrected chi connectivity index (χ0v) is 37.1. The van der Waals surface area contributed by atoms with E-state index in [1.807, 2.05) is 11.3 Å². The Morgan fingerprint density at radius 2 is 1.05 bits per heavy atom. The van der Waals surface area contributed by atoms with E-state index < -0.39 is 0 Å². The quantitative estimate of drug-likeness (QED) is 0.138. The van der Waals surface area contributed by atoms with Crippen LogP contribution in [0.1, 0.15) is 18.4 Å². The van der Waals surface area contributed by atoms with Gasteiger partial charge < -0.3 is 9.47 Å². The number of nitrogens with zero attached hydrogens (tertiary/aromatic N) is 2. The van der Waals surface area contributed by atoms with Crippen molar-refractivity contribution in [2.45, 2.75) is 12.8 Å². The fraction of sp³-hybridized carbons (Fsp3) is 0.0333. The van der Waals surface area contributed by atoms with Gasteiger partial charge >= 0.3 is 0 Å². The first-order valence-corrected chi connectivity index (χ1v) is 23.4. The van der Waals surface area contributed by atoms with Crippen molar-refractivity contribution in [3.05, 3.63) is 236 Å². The predicted octanol–water partition coefficient (Wildman–Crippen LogP) is 16.6. The van der Waals surface area contributed by atoms with Crippen molar-refractivity contribution in [1.29, 1.82) is 0 Å². The molecule has 0 spiro atoms. The molecule has 0 saturated heterocycles. The van der Waals surface area contributed by atoms with Crippen LogP contribution in [-0.2, 0) is 0 Å². The molecule has 4 heteroatoms. The minimum atomic E-state index is 0.939. The third-order valence-corrected chi connectivity index (χ3v) is 14.4. The highest BCUT2D eigenvalue weighted by Gasteiger charge is 2.20. The number of thiophene rings is 1. The molecule has 0 saturated carbocycles. The molecule has 0 aliphatic heterocycles. The molecule has 0 bridgehead atoms. The van der Waals surface area contributed by atoms with Crippen LogP contribution >= 0.6 is 20.6 Å². The Bertz CT molecular complexity index is 3610. The van der Waals surface area contributed by atoms with Gasteiger partial charge in [-0.15, -0.1) is 20.6 Å². The lowest BCUT2D eigenvalue weighted by molar-refractivity contribution is 0.930. The highest BCUT2D eigenvalue weighted by molar-refractivity contribution is 7.27. The summed E-state index contributed by atoms with van der Waals surface area (Å²) in [4.78, 5) is 2.44. The van der Waals surface area contributed by atoms with Crippen LogP contribution in [0.25, 0.3) is 86.6 Å². The molecule has 11 aromatic rings. The number of hydrogen-bond donors (Lipinski definition) is 0. The molecule has 64 heavy (non-hydrogen) atoms. The SMILES string of the molecule is Pc1ccc2c(c1)c1ccccc1n2-c1cccc(-c2ccc(N(C3=CC=C(c4ccccc4)CC3)c3ccc(-c4cccc(-c5cccc6c5sc5ccccc56)c4)cc3)cc2)c1. The number of fused-ring (bicyclic) bond motifs is 6. The number of rotatable bonds is 8. The molecule has 0 amide bonds. The minimum Gasteiger partial charge on any atom is -0.314 e. The normalized spacial score (nSPS) is 12.8. The number of hydrogen-bond acceptors (Lipinski definition) is 2. The van der Waals surface area contributed by atoms with Crippen LogP contribution in [0.3, 0.4) is 0 Å². The maximum atomic E-state index is 2.85. The molecule has 0 radical (unpaired) electrons. The third-order valence-electron chi connectivity index (χ3n) is 12.9. The molecular formula is C60H43N2PS. The highest BCUT2D eigenvalue weighted by Crippen LogP contribution is 2.42. The molecule has 1 unspecified atom stereocenters. The number of anilines is 2. The minimum absolute atomic E-state index is 0.939. The van der Waals surface area contributed by atoms with Gasteiger partial charge in [0.1, 0.15) is 0 Å². The molecule has 12 rings (SSSR count). The molecule has 304 valence electrons. The van der Waals surface area contributed by atoms with Crippen molar-refractivity contribution in [3.63, 3.8) is 0 Å². The van der Waals surface area contributed by atoms with Gasteiger partial charge in [0.15, 0.2) is 0 Å².